The van der Waals surface area contributed by atoms with Gasteiger partial charge in [-0.3, -0.25) is 9.59 Å². The highest BCUT2D eigenvalue weighted by Crippen LogP contribution is 2.29. The molecule has 1 heterocycles. The van der Waals surface area contributed by atoms with Gasteiger partial charge in [-0.25, -0.2) is 19.6 Å². The lowest BCUT2D eigenvalue weighted by atomic mass is 10.0. The third-order valence-electron chi connectivity index (χ3n) is 7.44. The van der Waals surface area contributed by atoms with Crippen LogP contribution in [-0.2, 0) is 0 Å². The Morgan fingerprint density at radius 2 is 0.812 bits per heavy atom. The van der Waals surface area contributed by atoms with Crippen LogP contribution in [0.4, 0.5) is 11.4 Å². The van der Waals surface area contributed by atoms with Crippen molar-refractivity contribution < 1.29 is 29.4 Å². The second kappa shape index (κ2) is 13.6. The number of carboxylic acids is 2. The lowest BCUT2D eigenvalue weighted by Gasteiger charge is -2.12. The number of rotatable bonds is 9. The first kappa shape index (κ1) is 31.1. The molecule has 10 heteroatoms. The minimum absolute atomic E-state index is 0.0534. The van der Waals surface area contributed by atoms with Crippen molar-refractivity contribution in [1.82, 2.24) is 9.97 Å². The Labute approximate surface area is 274 Å². The van der Waals surface area contributed by atoms with E-state index in [1.165, 1.54) is 24.3 Å². The zero-order valence-corrected chi connectivity index (χ0v) is 25.1. The Morgan fingerprint density at radius 1 is 0.438 bits per heavy atom. The lowest BCUT2D eigenvalue weighted by Crippen LogP contribution is -2.16. The van der Waals surface area contributed by atoms with Crippen molar-refractivity contribution in [3.05, 3.63) is 156 Å². The molecule has 6 rings (SSSR count). The number of hydrogen-bond acceptors (Lipinski definition) is 6. The summed E-state index contributed by atoms with van der Waals surface area (Å²) in [7, 11) is 0. The van der Waals surface area contributed by atoms with Gasteiger partial charge < -0.3 is 20.8 Å². The van der Waals surface area contributed by atoms with Crippen molar-refractivity contribution in [2.45, 2.75) is 0 Å². The summed E-state index contributed by atoms with van der Waals surface area (Å²) in [6, 6.07) is 37.4. The van der Waals surface area contributed by atoms with Gasteiger partial charge in [0.25, 0.3) is 11.8 Å². The van der Waals surface area contributed by atoms with Gasteiger partial charge in [0.2, 0.25) is 0 Å². The number of hydrogen-bond donors (Lipinski definition) is 4. The molecule has 10 nitrogen and oxygen atoms in total. The van der Waals surface area contributed by atoms with E-state index in [0.29, 0.717) is 28.6 Å². The SMILES string of the molecule is O=C(O)c1ccccc1C(=O)Nc1ccc(-c2cc(-c3ccc(NC(=O)c4ccccc4C(=O)O)cc3)nc(-c3ccccc3)n2)cc1. The molecule has 1 aromatic heterocycles. The average molecular weight is 635 g/mol. The molecule has 0 atom stereocenters. The summed E-state index contributed by atoms with van der Waals surface area (Å²) < 4.78 is 0. The Hall–Kier alpha value is -6.94. The molecule has 0 fully saturated rings. The predicted molar refractivity (Wildman–Crippen MR) is 181 cm³/mol. The van der Waals surface area contributed by atoms with Crippen LogP contribution in [0, 0.1) is 0 Å². The van der Waals surface area contributed by atoms with Gasteiger partial charge in [0.15, 0.2) is 5.82 Å². The van der Waals surface area contributed by atoms with Crippen LogP contribution in [0.5, 0.6) is 0 Å². The summed E-state index contributed by atoms with van der Waals surface area (Å²) in [5.74, 6) is -2.96. The van der Waals surface area contributed by atoms with E-state index in [0.717, 1.165) is 16.7 Å². The number of aromatic carboxylic acids is 2. The number of nitrogens with zero attached hydrogens (tertiary/aromatic N) is 2. The van der Waals surface area contributed by atoms with E-state index in [1.807, 2.05) is 36.4 Å². The highest BCUT2D eigenvalue weighted by molar-refractivity contribution is 6.11. The molecule has 0 bridgehead atoms. The van der Waals surface area contributed by atoms with Crippen LogP contribution in [0.25, 0.3) is 33.9 Å². The van der Waals surface area contributed by atoms with Crippen LogP contribution < -0.4 is 10.6 Å². The molecule has 0 aliphatic heterocycles. The fraction of sp³-hybridized carbons (Fsp3) is 0. The minimum Gasteiger partial charge on any atom is -0.478 e. The smallest absolute Gasteiger partial charge is 0.336 e. The summed E-state index contributed by atoms with van der Waals surface area (Å²) in [5, 5.41) is 24.4. The number of carbonyl (C=O) groups is 4. The van der Waals surface area contributed by atoms with Crippen molar-refractivity contribution in [2.75, 3.05) is 10.6 Å². The highest BCUT2D eigenvalue weighted by Gasteiger charge is 2.18. The maximum Gasteiger partial charge on any atom is 0.336 e. The monoisotopic (exact) mass is 634 g/mol. The number of benzene rings is 5. The van der Waals surface area contributed by atoms with Crippen molar-refractivity contribution in [1.29, 1.82) is 0 Å². The molecule has 0 saturated carbocycles. The minimum atomic E-state index is -1.19. The van der Waals surface area contributed by atoms with Crippen molar-refractivity contribution >= 4 is 35.1 Å². The van der Waals surface area contributed by atoms with Gasteiger partial charge >= 0.3 is 11.9 Å². The van der Waals surface area contributed by atoms with Crippen molar-refractivity contribution in [2.24, 2.45) is 0 Å². The predicted octanol–water partition coefficient (Wildman–Crippen LogP) is 7.38. The van der Waals surface area contributed by atoms with Gasteiger partial charge in [0, 0.05) is 28.1 Å². The summed E-state index contributed by atoms with van der Waals surface area (Å²) in [4.78, 5) is 58.4. The third-order valence-corrected chi connectivity index (χ3v) is 7.44. The number of anilines is 2. The van der Waals surface area contributed by atoms with E-state index in [1.54, 1.807) is 72.8 Å². The molecule has 0 aliphatic rings. The quantitative estimate of drug-likeness (QED) is 0.128. The highest BCUT2D eigenvalue weighted by atomic mass is 16.4. The topological polar surface area (TPSA) is 159 Å². The van der Waals surface area contributed by atoms with Gasteiger partial charge in [-0.1, -0.05) is 78.9 Å². The van der Waals surface area contributed by atoms with Gasteiger partial charge in [0.05, 0.1) is 33.6 Å². The first-order valence-electron chi connectivity index (χ1n) is 14.7. The van der Waals surface area contributed by atoms with E-state index >= 15 is 0 Å². The molecule has 48 heavy (non-hydrogen) atoms. The van der Waals surface area contributed by atoms with Gasteiger partial charge in [0.1, 0.15) is 0 Å². The van der Waals surface area contributed by atoms with E-state index in [-0.39, 0.29) is 22.3 Å². The van der Waals surface area contributed by atoms with E-state index in [9.17, 15) is 29.4 Å². The molecular formula is C38H26N4O6. The van der Waals surface area contributed by atoms with Crippen LogP contribution in [0.15, 0.2) is 133 Å². The van der Waals surface area contributed by atoms with E-state index in [4.69, 9.17) is 9.97 Å². The second-order valence-corrected chi connectivity index (χ2v) is 10.6. The van der Waals surface area contributed by atoms with Crippen LogP contribution in [0.3, 0.4) is 0 Å². The summed E-state index contributed by atoms with van der Waals surface area (Å²) in [5.41, 5.74) is 4.43. The number of carbonyl (C=O) groups excluding carboxylic acids is 2. The molecule has 4 N–H and O–H groups in total. The molecule has 0 radical (unpaired) electrons. The Bertz CT molecular complexity index is 2030. The molecule has 0 aliphatic carbocycles. The standard InChI is InChI=1S/C38H26N4O6/c43-35(28-10-4-6-12-30(28)37(45)46)39-26-18-14-23(15-19-26)32-22-33(42-34(41-32)25-8-2-1-3-9-25)24-16-20-27(21-17-24)40-36(44)29-11-5-7-13-31(29)38(47)48/h1-22H,(H,39,43)(H,40,44)(H,45,46)(H,47,48). The summed E-state index contributed by atoms with van der Waals surface area (Å²) in [6.45, 7) is 0. The fourth-order valence-electron chi connectivity index (χ4n) is 5.04. The Kier molecular flexibility index (Phi) is 8.79. The molecular weight excluding hydrogens is 608 g/mol. The van der Waals surface area contributed by atoms with Gasteiger partial charge in [-0.15, -0.1) is 0 Å². The Morgan fingerprint density at radius 3 is 1.21 bits per heavy atom. The van der Waals surface area contributed by atoms with E-state index < -0.39 is 23.8 Å². The van der Waals surface area contributed by atoms with Gasteiger partial charge in [-0.2, -0.15) is 0 Å². The van der Waals surface area contributed by atoms with Crippen molar-refractivity contribution in [3.63, 3.8) is 0 Å². The number of aromatic nitrogens is 2. The third kappa shape index (κ3) is 6.82. The normalized spacial score (nSPS) is 10.6. The molecule has 6 aromatic rings. The van der Waals surface area contributed by atoms with Crippen LogP contribution in [0.1, 0.15) is 41.4 Å². The average Bonchev–Trinajstić information content (AvgIpc) is 3.12. The summed E-state index contributed by atoms with van der Waals surface area (Å²) in [6.07, 6.45) is 0. The van der Waals surface area contributed by atoms with Gasteiger partial charge in [-0.05, 0) is 54.6 Å². The summed E-state index contributed by atoms with van der Waals surface area (Å²) >= 11 is 0. The molecule has 0 unspecified atom stereocenters. The van der Waals surface area contributed by atoms with Crippen LogP contribution >= 0.6 is 0 Å². The Balaban J connectivity index is 1.27. The maximum absolute atomic E-state index is 12.9. The van der Waals surface area contributed by atoms with Crippen LogP contribution in [0.2, 0.25) is 0 Å². The van der Waals surface area contributed by atoms with Crippen LogP contribution in [-0.4, -0.2) is 43.9 Å². The van der Waals surface area contributed by atoms with E-state index in [2.05, 4.69) is 10.6 Å². The largest absolute Gasteiger partial charge is 0.478 e. The molecule has 0 spiro atoms. The second-order valence-electron chi connectivity index (χ2n) is 10.6. The molecule has 5 aromatic carbocycles. The first-order chi connectivity index (χ1) is 23.3. The first-order valence-corrected chi connectivity index (χ1v) is 14.7. The van der Waals surface area contributed by atoms with Crippen molar-refractivity contribution in [3.8, 4) is 33.9 Å². The number of nitrogens with one attached hydrogen (secondary N) is 2. The molecule has 0 saturated heterocycles. The maximum atomic E-state index is 12.9. The number of carboxylic acid groups (broad SMARTS) is 2. The zero-order valence-electron chi connectivity index (χ0n) is 25.1. The zero-order chi connectivity index (χ0) is 33.6. The number of amides is 2. The molecule has 234 valence electrons. The lowest BCUT2D eigenvalue weighted by molar-refractivity contribution is 0.0683. The fourth-order valence-corrected chi connectivity index (χ4v) is 5.04. The molecule has 2 amide bonds.